The van der Waals surface area contributed by atoms with Gasteiger partial charge in [-0.2, -0.15) is 0 Å². The van der Waals surface area contributed by atoms with Crippen molar-refractivity contribution in [2.75, 3.05) is 13.7 Å². The van der Waals surface area contributed by atoms with Gasteiger partial charge < -0.3 is 9.30 Å². The monoisotopic (exact) mass is 344 g/mol. The molecule has 1 N–H and O–H groups in total. The van der Waals surface area contributed by atoms with Gasteiger partial charge in [0, 0.05) is 24.8 Å². The van der Waals surface area contributed by atoms with Crippen molar-refractivity contribution in [3.05, 3.63) is 60.8 Å². The van der Waals surface area contributed by atoms with Crippen LogP contribution in [0, 0.1) is 0 Å². The highest BCUT2D eigenvalue weighted by molar-refractivity contribution is 7.89. The third-order valence-corrected chi connectivity index (χ3v) is 5.41. The van der Waals surface area contributed by atoms with Gasteiger partial charge in [0.15, 0.2) is 0 Å². The zero-order valence-electron chi connectivity index (χ0n) is 13.5. The smallest absolute Gasteiger partial charge is 0.244 e. The molecule has 6 heteroatoms. The molecular formula is C18H20N2O3S. The number of fused-ring (bicyclic) bond motifs is 1. The summed E-state index contributed by atoms with van der Waals surface area (Å²) in [5.41, 5.74) is 1.16. The summed E-state index contributed by atoms with van der Waals surface area (Å²) in [6.45, 7) is 1.12. The van der Waals surface area contributed by atoms with Gasteiger partial charge in [-0.3, -0.25) is 0 Å². The molecule has 0 saturated carbocycles. The van der Waals surface area contributed by atoms with Crippen LogP contribution < -0.4 is 9.46 Å². The normalized spacial score (nSPS) is 11.7. The highest BCUT2D eigenvalue weighted by atomic mass is 32.2. The van der Waals surface area contributed by atoms with Gasteiger partial charge in [0.2, 0.25) is 10.0 Å². The molecule has 0 aliphatic heterocycles. The minimum Gasteiger partial charge on any atom is -0.495 e. The van der Waals surface area contributed by atoms with Crippen LogP contribution in [0.3, 0.4) is 0 Å². The fraction of sp³-hybridized carbons (Fsp3) is 0.222. The lowest BCUT2D eigenvalue weighted by Gasteiger charge is -2.11. The highest BCUT2D eigenvalue weighted by Gasteiger charge is 2.18. The average Bonchev–Trinajstić information content (AvgIpc) is 3.02. The van der Waals surface area contributed by atoms with Crippen LogP contribution in [0.25, 0.3) is 10.9 Å². The molecule has 0 amide bonds. The van der Waals surface area contributed by atoms with E-state index in [1.54, 1.807) is 24.3 Å². The molecule has 3 rings (SSSR count). The number of ether oxygens (including phenoxy) is 1. The first-order valence-corrected chi connectivity index (χ1v) is 9.27. The molecule has 2 aromatic carbocycles. The SMILES string of the molecule is COc1ccccc1S(=O)(=O)NCCCn1ccc2ccccc21. The van der Waals surface area contributed by atoms with Crippen LogP contribution in [0.15, 0.2) is 65.7 Å². The van der Waals surface area contributed by atoms with Gasteiger partial charge in [-0.15, -0.1) is 0 Å². The third-order valence-electron chi connectivity index (χ3n) is 3.91. The Labute approximate surface area is 141 Å². The summed E-state index contributed by atoms with van der Waals surface area (Å²) in [5, 5.41) is 1.19. The van der Waals surface area contributed by atoms with E-state index in [2.05, 4.69) is 27.5 Å². The van der Waals surface area contributed by atoms with E-state index >= 15 is 0 Å². The quantitative estimate of drug-likeness (QED) is 0.670. The van der Waals surface area contributed by atoms with Crippen LogP contribution in [-0.4, -0.2) is 26.6 Å². The summed E-state index contributed by atoms with van der Waals surface area (Å²) >= 11 is 0. The van der Waals surface area contributed by atoms with Gasteiger partial charge in [0.1, 0.15) is 10.6 Å². The largest absolute Gasteiger partial charge is 0.495 e. The minimum atomic E-state index is -3.57. The van der Waals surface area contributed by atoms with Crippen LogP contribution in [0.4, 0.5) is 0 Å². The van der Waals surface area contributed by atoms with Crippen molar-refractivity contribution < 1.29 is 13.2 Å². The van der Waals surface area contributed by atoms with Crippen molar-refractivity contribution in [2.45, 2.75) is 17.9 Å². The van der Waals surface area contributed by atoms with Crippen LogP contribution >= 0.6 is 0 Å². The molecule has 0 fully saturated rings. The van der Waals surface area contributed by atoms with Gasteiger partial charge in [-0.05, 0) is 36.1 Å². The van der Waals surface area contributed by atoms with E-state index in [9.17, 15) is 8.42 Å². The molecule has 3 aromatic rings. The van der Waals surface area contributed by atoms with E-state index in [-0.39, 0.29) is 4.90 Å². The molecule has 0 aliphatic rings. The van der Waals surface area contributed by atoms with Crippen molar-refractivity contribution in [3.63, 3.8) is 0 Å². The first-order valence-electron chi connectivity index (χ1n) is 7.78. The summed E-state index contributed by atoms with van der Waals surface area (Å²) in [6, 6.07) is 16.8. The van der Waals surface area contributed by atoms with Crippen molar-refractivity contribution in [1.82, 2.24) is 9.29 Å². The van der Waals surface area contributed by atoms with E-state index in [4.69, 9.17) is 4.74 Å². The van der Waals surface area contributed by atoms with Crippen LogP contribution in [0.2, 0.25) is 0 Å². The van der Waals surface area contributed by atoms with Crippen LogP contribution in [-0.2, 0) is 16.6 Å². The number of sulfonamides is 1. The molecular weight excluding hydrogens is 324 g/mol. The maximum Gasteiger partial charge on any atom is 0.244 e. The number of hydrogen-bond acceptors (Lipinski definition) is 3. The number of methoxy groups -OCH3 is 1. The van der Waals surface area contributed by atoms with Gasteiger partial charge in [-0.1, -0.05) is 30.3 Å². The van der Waals surface area contributed by atoms with Crippen molar-refractivity contribution >= 4 is 20.9 Å². The molecule has 0 bridgehead atoms. The molecule has 0 saturated heterocycles. The Morgan fingerprint density at radius 3 is 2.62 bits per heavy atom. The van der Waals surface area contributed by atoms with E-state index in [0.29, 0.717) is 18.7 Å². The topological polar surface area (TPSA) is 60.3 Å². The predicted molar refractivity (Wildman–Crippen MR) is 94.7 cm³/mol. The fourth-order valence-corrected chi connectivity index (χ4v) is 3.95. The molecule has 24 heavy (non-hydrogen) atoms. The Kier molecular flexibility index (Phi) is 4.87. The second kappa shape index (κ2) is 7.07. The first kappa shape index (κ1) is 16.5. The molecule has 0 atom stereocenters. The van der Waals surface area contributed by atoms with Crippen LogP contribution in [0.1, 0.15) is 6.42 Å². The van der Waals surface area contributed by atoms with E-state index in [1.807, 2.05) is 18.3 Å². The standard InChI is InChI=1S/C18H20N2O3S/c1-23-17-9-4-5-10-18(17)24(21,22)19-12-6-13-20-14-11-15-7-2-3-8-16(15)20/h2-5,7-11,14,19H,6,12-13H2,1H3. The summed E-state index contributed by atoms with van der Waals surface area (Å²) < 4.78 is 34.7. The maximum atomic E-state index is 12.4. The molecule has 0 spiro atoms. The second-order valence-corrected chi connectivity index (χ2v) is 7.21. The molecule has 1 aromatic heterocycles. The lowest BCUT2D eigenvalue weighted by atomic mass is 10.2. The van der Waals surface area contributed by atoms with E-state index < -0.39 is 10.0 Å². The lowest BCUT2D eigenvalue weighted by Crippen LogP contribution is -2.26. The summed E-state index contributed by atoms with van der Waals surface area (Å²) in [7, 11) is -2.11. The average molecular weight is 344 g/mol. The van der Waals surface area contributed by atoms with Gasteiger partial charge in [0.05, 0.1) is 7.11 Å². The number of hydrogen-bond donors (Lipinski definition) is 1. The Hall–Kier alpha value is -2.31. The van der Waals surface area contributed by atoms with Crippen molar-refractivity contribution in [1.29, 1.82) is 0 Å². The predicted octanol–water partition coefficient (Wildman–Crippen LogP) is 3.02. The summed E-state index contributed by atoms with van der Waals surface area (Å²) in [4.78, 5) is 0.166. The Bertz CT molecular complexity index is 932. The molecule has 0 radical (unpaired) electrons. The number of aryl methyl sites for hydroxylation is 1. The van der Waals surface area contributed by atoms with Crippen molar-refractivity contribution in [2.24, 2.45) is 0 Å². The zero-order chi connectivity index (χ0) is 17.0. The molecule has 0 aliphatic carbocycles. The van der Waals surface area contributed by atoms with Gasteiger partial charge >= 0.3 is 0 Å². The summed E-state index contributed by atoms with van der Waals surface area (Å²) in [5.74, 6) is 0.349. The molecule has 126 valence electrons. The Morgan fingerprint density at radius 2 is 1.79 bits per heavy atom. The number of benzene rings is 2. The first-order chi connectivity index (χ1) is 11.6. The van der Waals surface area contributed by atoms with E-state index in [0.717, 1.165) is 12.1 Å². The molecule has 1 heterocycles. The number of aromatic nitrogens is 1. The van der Waals surface area contributed by atoms with Crippen molar-refractivity contribution in [3.8, 4) is 5.75 Å². The molecule has 5 nitrogen and oxygen atoms in total. The lowest BCUT2D eigenvalue weighted by molar-refractivity contribution is 0.402. The maximum absolute atomic E-state index is 12.4. The second-order valence-electron chi connectivity index (χ2n) is 5.47. The minimum absolute atomic E-state index is 0.166. The number of rotatable bonds is 7. The fourth-order valence-electron chi connectivity index (χ4n) is 2.71. The van der Waals surface area contributed by atoms with Crippen LogP contribution in [0.5, 0.6) is 5.75 Å². The zero-order valence-corrected chi connectivity index (χ0v) is 14.3. The Balaban J connectivity index is 1.62. The highest BCUT2D eigenvalue weighted by Crippen LogP contribution is 2.22. The number of para-hydroxylation sites is 2. The van der Waals surface area contributed by atoms with E-state index in [1.165, 1.54) is 12.5 Å². The van der Waals surface area contributed by atoms with Gasteiger partial charge in [0.25, 0.3) is 0 Å². The number of nitrogens with zero attached hydrogens (tertiary/aromatic N) is 1. The summed E-state index contributed by atoms with van der Waals surface area (Å²) in [6.07, 6.45) is 2.73. The Morgan fingerprint density at radius 1 is 1.04 bits per heavy atom. The molecule has 0 unspecified atom stereocenters. The number of nitrogens with one attached hydrogen (secondary N) is 1. The third kappa shape index (κ3) is 3.44. The van der Waals surface area contributed by atoms with Gasteiger partial charge in [-0.25, -0.2) is 13.1 Å².